The van der Waals surface area contributed by atoms with Crippen molar-refractivity contribution in [1.82, 2.24) is 0 Å². The minimum Gasteiger partial charge on any atom is -0.457 e. The van der Waals surface area contributed by atoms with E-state index in [1.54, 1.807) is 0 Å². The molecule has 2 rings (SSSR count). The molecule has 0 saturated heterocycles. The Labute approximate surface area is 126 Å². The molecule has 0 unspecified atom stereocenters. The van der Waals surface area contributed by atoms with Gasteiger partial charge in [-0.15, -0.1) is 0 Å². The van der Waals surface area contributed by atoms with Crippen LogP contribution in [0, 0.1) is 5.92 Å². The van der Waals surface area contributed by atoms with E-state index in [1.807, 2.05) is 54.6 Å². The number of ketones is 1. The van der Waals surface area contributed by atoms with Gasteiger partial charge in [0.15, 0.2) is 5.78 Å². The number of para-hydroxylation sites is 1. The lowest BCUT2D eigenvalue weighted by atomic mass is 10.0. The molecule has 0 atom stereocenters. The lowest BCUT2D eigenvalue weighted by molar-refractivity contribution is 0.0978. The van der Waals surface area contributed by atoms with Gasteiger partial charge in [-0.2, -0.15) is 0 Å². The van der Waals surface area contributed by atoms with Crippen LogP contribution in [0.2, 0.25) is 0 Å². The van der Waals surface area contributed by atoms with Crippen molar-refractivity contribution in [2.45, 2.75) is 33.1 Å². The van der Waals surface area contributed by atoms with Crippen molar-refractivity contribution >= 4 is 5.78 Å². The third-order valence-corrected chi connectivity index (χ3v) is 3.34. The normalized spacial score (nSPS) is 10.6. The van der Waals surface area contributed by atoms with Crippen LogP contribution in [0.15, 0.2) is 54.6 Å². The SMILES string of the molecule is CC(C)CCCC(=O)c1ccc(Oc2ccccc2)cc1. The Morgan fingerprint density at radius 3 is 2.19 bits per heavy atom. The first kappa shape index (κ1) is 15.3. The Kier molecular flexibility index (Phi) is 5.56. The van der Waals surface area contributed by atoms with Gasteiger partial charge in [-0.3, -0.25) is 4.79 Å². The number of hydrogen-bond donors (Lipinski definition) is 0. The molecule has 0 fully saturated rings. The molecular formula is C19H22O2. The highest BCUT2D eigenvalue weighted by atomic mass is 16.5. The maximum absolute atomic E-state index is 12.1. The summed E-state index contributed by atoms with van der Waals surface area (Å²) in [6, 6.07) is 17.0. The van der Waals surface area contributed by atoms with Crippen LogP contribution < -0.4 is 4.74 Å². The lowest BCUT2D eigenvalue weighted by Gasteiger charge is -2.07. The second-order valence-corrected chi connectivity index (χ2v) is 5.65. The number of carbonyl (C=O) groups is 1. The summed E-state index contributed by atoms with van der Waals surface area (Å²) in [5, 5.41) is 0. The first-order chi connectivity index (χ1) is 10.1. The highest BCUT2D eigenvalue weighted by Gasteiger charge is 2.06. The largest absolute Gasteiger partial charge is 0.457 e. The van der Waals surface area contributed by atoms with Gasteiger partial charge in [0.25, 0.3) is 0 Å². The number of Topliss-reactive ketones (excluding diaryl/α,β-unsaturated/α-hetero) is 1. The van der Waals surface area contributed by atoms with Crippen molar-refractivity contribution in [3.05, 3.63) is 60.2 Å². The molecule has 0 spiro atoms. The van der Waals surface area contributed by atoms with E-state index in [0.717, 1.165) is 29.9 Å². The predicted octanol–water partition coefficient (Wildman–Crippen LogP) is 5.49. The van der Waals surface area contributed by atoms with Gasteiger partial charge in [0.1, 0.15) is 11.5 Å². The fourth-order valence-electron chi connectivity index (χ4n) is 2.15. The average Bonchev–Trinajstić information content (AvgIpc) is 2.48. The van der Waals surface area contributed by atoms with Crippen LogP contribution in [-0.2, 0) is 0 Å². The van der Waals surface area contributed by atoms with Crippen LogP contribution in [0.3, 0.4) is 0 Å². The second-order valence-electron chi connectivity index (χ2n) is 5.65. The zero-order valence-electron chi connectivity index (χ0n) is 12.7. The highest BCUT2D eigenvalue weighted by molar-refractivity contribution is 5.96. The fourth-order valence-corrected chi connectivity index (χ4v) is 2.15. The minimum atomic E-state index is 0.210. The molecule has 0 amide bonds. The van der Waals surface area contributed by atoms with Crippen molar-refractivity contribution in [3.63, 3.8) is 0 Å². The monoisotopic (exact) mass is 282 g/mol. The van der Waals surface area contributed by atoms with Gasteiger partial charge in [-0.05, 0) is 48.7 Å². The smallest absolute Gasteiger partial charge is 0.162 e. The molecule has 110 valence electrons. The molecule has 2 nitrogen and oxygen atoms in total. The van der Waals surface area contributed by atoms with Crippen LogP contribution >= 0.6 is 0 Å². The molecule has 0 bridgehead atoms. The predicted molar refractivity (Wildman–Crippen MR) is 86.0 cm³/mol. The molecule has 21 heavy (non-hydrogen) atoms. The number of rotatable bonds is 7. The van der Waals surface area contributed by atoms with Crippen LogP contribution in [0.25, 0.3) is 0 Å². The van der Waals surface area contributed by atoms with Gasteiger partial charge in [0.2, 0.25) is 0 Å². The first-order valence-electron chi connectivity index (χ1n) is 7.51. The van der Waals surface area contributed by atoms with Crippen molar-refractivity contribution in [3.8, 4) is 11.5 Å². The zero-order chi connectivity index (χ0) is 15.1. The number of benzene rings is 2. The summed E-state index contributed by atoms with van der Waals surface area (Å²) in [6.45, 7) is 4.36. The van der Waals surface area contributed by atoms with Crippen molar-refractivity contribution in [1.29, 1.82) is 0 Å². The summed E-state index contributed by atoms with van der Waals surface area (Å²) in [4.78, 5) is 12.1. The van der Waals surface area contributed by atoms with Crippen LogP contribution in [0.4, 0.5) is 0 Å². The van der Waals surface area contributed by atoms with E-state index in [0.29, 0.717) is 12.3 Å². The zero-order valence-corrected chi connectivity index (χ0v) is 12.7. The third kappa shape index (κ3) is 5.07. The molecule has 2 aromatic carbocycles. The second kappa shape index (κ2) is 7.63. The molecule has 0 aliphatic rings. The molecule has 2 aromatic rings. The van der Waals surface area contributed by atoms with E-state index in [-0.39, 0.29) is 5.78 Å². The lowest BCUT2D eigenvalue weighted by Crippen LogP contribution is -2.00. The Morgan fingerprint density at radius 1 is 0.952 bits per heavy atom. The fraction of sp³-hybridized carbons (Fsp3) is 0.316. The van der Waals surface area contributed by atoms with Crippen LogP contribution in [0.5, 0.6) is 11.5 Å². The van der Waals surface area contributed by atoms with E-state index in [4.69, 9.17) is 4.74 Å². The van der Waals surface area contributed by atoms with E-state index >= 15 is 0 Å². The van der Waals surface area contributed by atoms with Gasteiger partial charge in [0, 0.05) is 12.0 Å². The first-order valence-corrected chi connectivity index (χ1v) is 7.51. The van der Waals surface area contributed by atoms with Crippen molar-refractivity contribution < 1.29 is 9.53 Å². The summed E-state index contributed by atoms with van der Waals surface area (Å²) < 4.78 is 5.71. The molecule has 0 aliphatic carbocycles. The number of hydrogen-bond acceptors (Lipinski definition) is 2. The number of ether oxygens (including phenoxy) is 1. The van der Waals surface area contributed by atoms with Crippen molar-refractivity contribution in [2.24, 2.45) is 5.92 Å². The average molecular weight is 282 g/mol. The highest BCUT2D eigenvalue weighted by Crippen LogP contribution is 2.21. The quantitative estimate of drug-likeness (QED) is 0.628. The maximum Gasteiger partial charge on any atom is 0.162 e. The van der Waals surface area contributed by atoms with Gasteiger partial charge in [0.05, 0.1) is 0 Å². The topological polar surface area (TPSA) is 26.3 Å². The van der Waals surface area contributed by atoms with E-state index < -0.39 is 0 Å². The molecular weight excluding hydrogens is 260 g/mol. The van der Waals surface area contributed by atoms with Gasteiger partial charge < -0.3 is 4.74 Å². The van der Waals surface area contributed by atoms with Gasteiger partial charge in [-0.25, -0.2) is 0 Å². The van der Waals surface area contributed by atoms with E-state index in [1.165, 1.54) is 0 Å². The molecule has 2 heteroatoms. The summed E-state index contributed by atoms with van der Waals surface area (Å²) in [5.74, 6) is 2.41. The maximum atomic E-state index is 12.1. The molecule has 0 aromatic heterocycles. The van der Waals surface area contributed by atoms with Crippen LogP contribution in [-0.4, -0.2) is 5.78 Å². The Balaban J connectivity index is 1.91. The van der Waals surface area contributed by atoms with Gasteiger partial charge >= 0.3 is 0 Å². The minimum absolute atomic E-state index is 0.210. The Morgan fingerprint density at radius 2 is 1.57 bits per heavy atom. The third-order valence-electron chi connectivity index (χ3n) is 3.34. The van der Waals surface area contributed by atoms with Gasteiger partial charge in [-0.1, -0.05) is 38.5 Å². The summed E-state index contributed by atoms with van der Waals surface area (Å²) >= 11 is 0. The molecule has 0 aliphatic heterocycles. The Bertz CT molecular complexity index is 556. The summed E-state index contributed by atoms with van der Waals surface area (Å²) in [6.07, 6.45) is 2.68. The van der Waals surface area contributed by atoms with Crippen molar-refractivity contribution in [2.75, 3.05) is 0 Å². The molecule has 0 heterocycles. The van der Waals surface area contributed by atoms with Crippen LogP contribution in [0.1, 0.15) is 43.5 Å². The van der Waals surface area contributed by atoms with E-state index in [9.17, 15) is 4.79 Å². The molecule has 0 radical (unpaired) electrons. The molecule has 0 N–H and O–H groups in total. The standard InChI is InChI=1S/C19H22O2/c1-15(2)7-6-10-19(20)16-11-13-18(14-12-16)21-17-8-4-3-5-9-17/h3-5,8-9,11-15H,6-7,10H2,1-2H3. The Hall–Kier alpha value is -2.09. The molecule has 0 saturated carbocycles. The summed E-state index contributed by atoms with van der Waals surface area (Å²) in [7, 11) is 0. The van der Waals surface area contributed by atoms with E-state index in [2.05, 4.69) is 13.8 Å². The summed E-state index contributed by atoms with van der Waals surface area (Å²) in [5.41, 5.74) is 0.763. The number of carbonyl (C=O) groups excluding carboxylic acids is 1.